The summed E-state index contributed by atoms with van der Waals surface area (Å²) in [6, 6.07) is 9.52. The van der Waals surface area contributed by atoms with Crippen LogP contribution in [0.15, 0.2) is 47.6 Å². The zero-order chi connectivity index (χ0) is 13.0. The van der Waals surface area contributed by atoms with Crippen LogP contribution in [0.1, 0.15) is 5.69 Å². The van der Waals surface area contributed by atoms with Gasteiger partial charge in [0.1, 0.15) is 0 Å². The predicted octanol–water partition coefficient (Wildman–Crippen LogP) is 2.32. The Hall–Kier alpha value is -2.76. The van der Waals surface area contributed by atoms with Crippen LogP contribution in [0.2, 0.25) is 0 Å². The molecule has 90 valence electrons. The van der Waals surface area contributed by atoms with E-state index < -0.39 is 4.92 Å². The second-order valence-corrected chi connectivity index (χ2v) is 3.51. The molecule has 0 spiro atoms. The summed E-state index contributed by atoms with van der Waals surface area (Å²) in [5.74, 6) is 0. The molecular formula is C12H10N4O2. The maximum absolute atomic E-state index is 10.6. The third-order valence-electron chi connectivity index (χ3n) is 2.25. The summed E-state index contributed by atoms with van der Waals surface area (Å²) in [6.45, 7) is 0. The second-order valence-electron chi connectivity index (χ2n) is 3.51. The molecule has 0 amide bonds. The first-order valence-electron chi connectivity index (χ1n) is 5.16. The molecule has 1 aromatic heterocycles. The second kappa shape index (κ2) is 5.05. The molecule has 0 aliphatic rings. The predicted molar refractivity (Wildman–Crippen MR) is 69.0 cm³/mol. The minimum Gasteiger partial charge on any atom is -0.397 e. The number of hydrogen-bond acceptors (Lipinski definition) is 5. The van der Waals surface area contributed by atoms with Crippen LogP contribution in [0.3, 0.4) is 0 Å². The van der Waals surface area contributed by atoms with Gasteiger partial charge in [-0.15, -0.1) is 0 Å². The average Bonchev–Trinajstić information content (AvgIpc) is 2.38. The number of aromatic nitrogens is 1. The Labute approximate surface area is 103 Å². The number of aliphatic imine (C=N–C) groups is 1. The van der Waals surface area contributed by atoms with Gasteiger partial charge in [-0.2, -0.15) is 0 Å². The molecule has 0 aliphatic carbocycles. The summed E-state index contributed by atoms with van der Waals surface area (Å²) in [6.07, 6.45) is 3.15. The number of nitrogens with zero attached hydrogens (tertiary/aromatic N) is 3. The summed E-state index contributed by atoms with van der Waals surface area (Å²) in [5.41, 5.74) is 7.05. The van der Waals surface area contributed by atoms with Gasteiger partial charge in [-0.1, -0.05) is 6.07 Å². The monoisotopic (exact) mass is 242 g/mol. The van der Waals surface area contributed by atoms with Gasteiger partial charge < -0.3 is 5.73 Å². The van der Waals surface area contributed by atoms with Crippen LogP contribution in [0.25, 0.3) is 0 Å². The van der Waals surface area contributed by atoms with Crippen molar-refractivity contribution in [2.24, 2.45) is 4.99 Å². The van der Waals surface area contributed by atoms with Gasteiger partial charge in [0.05, 0.1) is 28.2 Å². The Balaban J connectivity index is 2.31. The van der Waals surface area contributed by atoms with Gasteiger partial charge in [-0.05, 0) is 18.2 Å². The van der Waals surface area contributed by atoms with E-state index in [2.05, 4.69) is 9.98 Å². The number of non-ortho nitro benzene ring substituents is 1. The van der Waals surface area contributed by atoms with Crippen LogP contribution in [-0.2, 0) is 0 Å². The summed E-state index contributed by atoms with van der Waals surface area (Å²) >= 11 is 0. The normalized spacial score (nSPS) is 10.7. The van der Waals surface area contributed by atoms with Crippen LogP contribution >= 0.6 is 0 Å². The quantitative estimate of drug-likeness (QED) is 0.386. The molecule has 0 aliphatic heterocycles. The number of nitrogen functional groups attached to an aromatic ring is 1. The number of nitrogens with two attached hydrogens (primary N) is 1. The van der Waals surface area contributed by atoms with E-state index in [0.29, 0.717) is 17.1 Å². The number of rotatable bonds is 3. The standard InChI is InChI=1S/C12H10N4O2/c13-11-5-4-10(16(17)18)7-12(11)15-8-9-3-1-2-6-14-9/h1-8H,13H2. The first kappa shape index (κ1) is 11.7. The number of hydrogen-bond donors (Lipinski definition) is 1. The number of anilines is 1. The van der Waals surface area contributed by atoms with Gasteiger partial charge in [-0.25, -0.2) is 0 Å². The largest absolute Gasteiger partial charge is 0.397 e. The maximum atomic E-state index is 10.6. The van der Waals surface area contributed by atoms with E-state index in [9.17, 15) is 10.1 Å². The highest BCUT2D eigenvalue weighted by molar-refractivity contribution is 5.82. The van der Waals surface area contributed by atoms with Gasteiger partial charge in [0.2, 0.25) is 0 Å². The maximum Gasteiger partial charge on any atom is 0.271 e. The first-order chi connectivity index (χ1) is 8.66. The van der Waals surface area contributed by atoms with Crippen LogP contribution in [-0.4, -0.2) is 16.1 Å². The number of nitro benzene ring substituents is 1. The Morgan fingerprint density at radius 1 is 1.33 bits per heavy atom. The van der Waals surface area contributed by atoms with Crippen molar-refractivity contribution in [1.82, 2.24) is 4.98 Å². The van der Waals surface area contributed by atoms with Crippen molar-refractivity contribution in [3.63, 3.8) is 0 Å². The molecule has 6 nitrogen and oxygen atoms in total. The molecule has 1 heterocycles. The fourth-order valence-electron chi connectivity index (χ4n) is 1.35. The molecule has 0 saturated carbocycles. The fraction of sp³-hybridized carbons (Fsp3) is 0. The summed E-state index contributed by atoms with van der Waals surface area (Å²) in [4.78, 5) is 18.3. The molecule has 2 N–H and O–H groups in total. The molecule has 0 fully saturated rings. The van der Waals surface area contributed by atoms with Gasteiger partial charge >= 0.3 is 0 Å². The molecule has 0 bridgehead atoms. The van der Waals surface area contributed by atoms with E-state index in [1.807, 2.05) is 6.07 Å². The van der Waals surface area contributed by atoms with Crippen LogP contribution in [0.4, 0.5) is 17.1 Å². The summed E-state index contributed by atoms with van der Waals surface area (Å²) in [7, 11) is 0. The van der Waals surface area contributed by atoms with E-state index in [-0.39, 0.29) is 5.69 Å². The van der Waals surface area contributed by atoms with Crippen molar-refractivity contribution in [2.45, 2.75) is 0 Å². The van der Waals surface area contributed by atoms with Crippen molar-refractivity contribution < 1.29 is 4.92 Å². The molecule has 0 radical (unpaired) electrons. The third kappa shape index (κ3) is 2.67. The van der Waals surface area contributed by atoms with Crippen LogP contribution < -0.4 is 5.73 Å². The molecule has 1 aromatic carbocycles. The molecule has 2 aromatic rings. The zero-order valence-corrected chi connectivity index (χ0v) is 9.35. The first-order valence-corrected chi connectivity index (χ1v) is 5.16. The van der Waals surface area contributed by atoms with Gasteiger partial charge in [0.25, 0.3) is 5.69 Å². The van der Waals surface area contributed by atoms with Gasteiger partial charge in [-0.3, -0.25) is 20.1 Å². The fourth-order valence-corrected chi connectivity index (χ4v) is 1.35. The van der Waals surface area contributed by atoms with Crippen molar-refractivity contribution >= 4 is 23.3 Å². The molecule has 0 atom stereocenters. The molecular weight excluding hydrogens is 232 g/mol. The number of pyridine rings is 1. The molecule has 6 heteroatoms. The van der Waals surface area contributed by atoms with Crippen LogP contribution in [0.5, 0.6) is 0 Å². The minimum atomic E-state index is -0.487. The number of benzene rings is 1. The van der Waals surface area contributed by atoms with Crippen molar-refractivity contribution in [3.05, 3.63) is 58.4 Å². The number of nitro groups is 1. The van der Waals surface area contributed by atoms with E-state index in [1.54, 1.807) is 18.3 Å². The Kier molecular flexibility index (Phi) is 3.29. The Bertz CT molecular complexity index is 596. The highest BCUT2D eigenvalue weighted by Gasteiger charge is 2.07. The Morgan fingerprint density at radius 2 is 2.17 bits per heavy atom. The third-order valence-corrected chi connectivity index (χ3v) is 2.25. The highest BCUT2D eigenvalue weighted by atomic mass is 16.6. The molecule has 2 rings (SSSR count). The lowest BCUT2D eigenvalue weighted by atomic mass is 10.2. The topological polar surface area (TPSA) is 94.4 Å². The SMILES string of the molecule is Nc1ccc([N+](=O)[O-])cc1N=Cc1ccccn1. The smallest absolute Gasteiger partial charge is 0.271 e. The summed E-state index contributed by atoms with van der Waals surface area (Å²) in [5, 5.41) is 10.6. The molecule has 0 unspecified atom stereocenters. The Morgan fingerprint density at radius 3 is 2.83 bits per heavy atom. The zero-order valence-electron chi connectivity index (χ0n) is 9.35. The average molecular weight is 242 g/mol. The minimum absolute atomic E-state index is 0.0441. The van der Waals surface area contributed by atoms with E-state index in [0.717, 1.165) is 0 Å². The lowest BCUT2D eigenvalue weighted by molar-refractivity contribution is -0.384. The lowest BCUT2D eigenvalue weighted by Crippen LogP contribution is -1.91. The van der Waals surface area contributed by atoms with Gasteiger partial charge in [0, 0.05) is 18.3 Å². The van der Waals surface area contributed by atoms with E-state index >= 15 is 0 Å². The van der Waals surface area contributed by atoms with Crippen LogP contribution in [0, 0.1) is 10.1 Å². The molecule has 18 heavy (non-hydrogen) atoms. The van der Waals surface area contributed by atoms with Crippen molar-refractivity contribution in [3.8, 4) is 0 Å². The van der Waals surface area contributed by atoms with Gasteiger partial charge in [0.15, 0.2) is 0 Å². The van der Waals surface area contributed by atoms with Crippen molar-refractivity contribution in [1.29, 1.82) is 0 Å². The lowest BCUT2D eigenvalue weighted by Gasteiger charge is -1.99. The van der Waals surface area contributed by atoms with E-state index in [4.69, 9.17) is 5.73 Å². The highest BCUT2D eigenvalue weighted by Crippen LogP contribution is 2.26. The van der Waals surface area contributed by atoms with E-state index in [1.165, 1.54) is 24.4 Å². The summed E-state index contributed by atoms with van der Waals surface area (Å²) < 4.78 is 0. The molecule has 0 saturated heterocycles. The van der Waals surface area contributed by atoms with Crippen molar-refractivity contribution in [2.75, 3.05) is 5.73 Å².